The predicted octanol–water partition coefficient (Wildman–Crippen LogP) is 2.10. The van der Waals surface area contributed by atoms with Crippen LogP contribution in [0.3, 0.4) is 0 Å². The molecule has 0 amide bonds. The summed E-state index contributed by atoms with van der Waals surface area (Å²) in [5, 5.41) is 0. The fourth-order valence-corrected chi connectivity index (χ4v) is 2.27. The molecule has 0 aliphatic heterocycles. The molecule has 0 saturated heterocycles. The van der Waals surface area contributed by atoms with E-state index < -0.39 is 0 Å². The van der Waals surface area contributed by atoms with Crippen molar-refractivity contribution < 1.29 is 0 Å². The molecular formula is C15H28N4. The minimum atomic E-state index is 0.505. The maximum atomic E-state index is 5.65. The average Bonchev–Trinajstić information content (AvgIpc) is 2.47. The molecule has 0 unspecified atom stereocenters. The van der Waals surface area contributed by atoms with Crippen LogP contribution in [0.15, 0.2) is 18.3 Å². The van der Waals surface area contributed by atoms with E-state index >= 15 is 0 Å². The molecule has 0 atom stereocenters. The summed E-state index contributed by atoms with van der Waals surface area (Å²) >= 11 is 0. The van der Waals surface area contributed by atoms with Crippen LogP contribution in [0.4, 0.5) is 5.69 Å². The number of pyridine rings is 1. The number of anilines is 1. The molecule has 0 fully saturated rings. The number of rotatable bonds is 9. The monoisotopic (exact) mass is 264 g/mol. The Morgan fingerprint density at radius 1 is 1.11 bits per heavy atom. The molecule has 0 aromatic carbocycles. The van der Waals surface area contributed by atoms with Crippen LogP contribution in [-0.4, -0.2) is 42.6 Å². The lowest BCUT2D eigenvalue weighted by molar-refractivity contribution is 0.301. The highest BCUT2D eigenvalue weighted by atomic mass is 15.1. The van der Waals surface area contributed by atoms with Gasteiger partial charge in [-0.1, -0.05) is 13.8 Å². The fraction of sp³-hybridized carbons (Fsp3) is 0.667. The molecule has 0 spiro atoms. The summed E-state index contributed by atoms with van der Waals surface area (Å²) in [6, 6.07) is 4.17. The smallest absolute Gasteiger partial charge is 0.0560 e. The molecule has 108 valence electrons. The second-order valence-electron chi connectivity index (χ2n) is 4.67. The Kier molecular flexibility index (Phi) is 7.45. The normalized spacial score (nSPS) is 11.0. The minimum Gasteiger partial charge on any atom is -0.372 e. The average molecular weight is 264 g/mol. The van der Waals surface area contributed by atoms with Crippen molar-refractivity contribution in [1.29, 1.82) is 0 Å². The van der Waals surface area contributed by atoms with E-state index in [1.165, 1.54) is 18.7 Å². The zero-order valence-electron chi connectivity index (χ0n) is 12.6. The molecule has 0 aliphatic rings. The van der Waals surface area contributed by atoms with Gasteiger partial charge in [-0.15, -0.1) is 0 Å². The quantitative estimate of drug-likeness (QED) is 0.742. The highest BCUT2D eigenvalue weighted by Gasteiger charge is 2.06. The van der Waals surface area contributed by atoms with Crippen LogP contribution < -0.4 is 10.6 Å². The second-order valence-corrected chi connectivity index (χ2v) is 4.67. The number of nitrogens with two attached hydrogens (primary N) is 1. The molecule has 1 heterocycles. The van der Waals surface area contributed by atoms with Crippen molar-refractivity contribution in [3.05, 3.63) is 24.0 Å². The van der Waals surface area contributed by atoms with Gasteiger partial charge in [0.15, 0.2) is 0 Å². The SMILES string of the molecule is CCN(CC)CCCN(CC)c1ccnc(CN)c1. The fourth-order valence-electron chi connectivity index (χ4n) is 2.27. The van der Waals surface area contributed by atoms with Gasteiger partial charge >= 0.3 is 0 Å². The first-order chi connectivity index (χ1) is 9.24. The maximum absolute atomic E-state index is 5.65. The summed E-state index contributed by atoms with van der Waals surface area (Å²) in [5.41, 5.74) is 7.84. The topological polar surface area (TPSA) is 45.4 Å². The molecule has 0 bridgehead atoms. The third-order valence-electron chi connectivity index (χ3n) is 3.55. The summed E-state index contributed by atoms with van der Waals surface area (Å²) in [7, 11) is 0. The third-order valence-corrected chi connectivity index (χ3v) is 3.55. The molecule has 4 heteroatoms. The molecule has 2 N–H and O–H groups in total. The van der Waals surface area contributed by atoms with Gasteiger partial charge in [0, 0.05) is 31.5 Å². The Morgan fingerprint density at radius 2 is 1.84 bits per heavy atom. The Hall–Kier alpha value is -1.13. The standard InChI is InChI=1S/C15H28N4/c1-4-18(5-2)10-7-11-19(6-3)15-8-9-17-14(12-15)13-16/h8-9,12H,4-7,10-11,13,16H2,1-3H3. The Labute approximate surface area is 117 Å². The zero-order chi connectivity index (χ0) is 14.1. The van der Waals surface area contributed by atoms with Crippen LogP contribution >= 0.6 is 0 Å². The van der Waals surface area contributed by atoms with Crippen molar-refractivity contribution in [2.75, 3.05) is 37.6 Å². The van der Waals surface area contributed by atoms with Gasteiger partial charge in [0.1, 0.15) is 0 Å². The van der Waals surface area contributed by atoms with E-state index in [0.29, 0.717) is 6.54 Å². The lowest BCUT2D eigenvalue weighted by Gasteiger charge is -2.25. The Morgan fingerprint density at radius 3 is 2.42 bits per heavy atom. The molecule has 19 heavy (non-hydrogen) atoms. The first-order valence-corrected chi connectivity index (χ1v) is 7.37. The summed E-state index contributed by atoms with van der Waals surface area (Å²) in [4.78, 5) is 9.11. The van der Waals surface area contributed by atoms with Gasteiger partial charge in [0.25, 0.3) is 0 Å². The van der Waals surface area contributed by atoms with E-state index in [9.17, 15) is 0 Å². The summed E-state index contributed by atoms with van der Waals surface area (Å²) in [6.07, 6.45) is 3.04. The van der Waals surface area contributed by atoms with Gasteiger partial charge in [0.05, 0.1) is 5.69 Å². The van der Waals surface area contributed by atoms with Gasteiger partial charge in [-0.3, -0.25) is 4.98 Å². The van der Waals surface area contributed by atoms with E-state index in [4.69, 9.17) is 5.73 Å². The van der Waals surface area contributed by atoms with Crippen LogP contribution in [0.5, 0.6) is 0 Å². The Bertz CT molecular complexity index is 350. The number of nitrogens with zero attached hydrogens (tertiary/aromatic N) is 3. The first-order valence-electron chi connectivity index (χ1n) is 7.37. The lowest BCUT2D eigenvalue weighted by Crippen LogP contribution is -2.30. The largest absolute Gasteiger partial charge is 0.372 e. The van der Waals surface area contributed by atoms with Crippen LogP contribution in [0.25, 0.3) is 0 Å². The molecule has 1 aromatic rings. The summed E-state index contributed by atoms with van der Waals surface area (Å²) < 4.78 is 0. The van der Waals surface area contributed by atoms with Crippen molar-refractivity contribution in [1.82, 2.24) is 9.88 Å². The second kappa shape index (κ2) is 8.88. The van der Waals surface area contributed by atoms with E-state index in [2.05, 4.69) is 47.7 Å². The highest BCUT2D eigenvalue weighted by molar-refractivity contribution is 5.46. The van der Waals surface area contributed by atoms with E-state index in [1.807, 2.05) is 6.20 Å². The number of hydrogen-bond donors (Lipinski definition) is 1. The number of hydrogen-bond acceptors (Lipinski definition) is 4. The third kappa shape index (κ3) is 5.17. The van der Waals surface area contributed by atoms with Crippen molar-refractivity contribution in [3.8, 4) is 0 Å². The van der Waals surface area contributed by atoms with Gasteiger partial charge in [-0.25, -0.2) is 0 Å². The van der Waals surface area contributed by atoms with Crippen LogP contribution in [0.2, 0.25) is 0 Å². The predicted molar refractivity (Wildman–Crippen MR) is 82.4 cm³/mol. The van der Waals surface area contributed by atoms with Crippen molar-refractivity contribution in [3.63, 3.8) is 0 Å². The van der Waals surface area contributed by atoms with E-state index in [1.54, 1.807) is 0 Å². The number of aromatic nitrogens is 1. The molecule has 0 aliphatic carbocycles. The highest BCUT2D eigenvalue weighted by Crippen LogP contribution is 2.14. The Balaban J connectivity index is 2.52. The van der Waals surface area contributed by atoms with Crippen molar-refractivity contribution in [2.24, 2.45) is 5.73 Å². The van der Waals surface area contributed by atoms with Gasteiger partial charge < -0.3 is 15.5 Å². The molecule has 0 radical (unpaired) electrons. The summed E-state index contributed by atoms with van der Waals surface area (Å²) in [5.74, 6) is 0. The van der Waals surface area contributed by atoms with E-state index in [-0.39, 0.29) is 0 Å². The van der Waals surface area contributed by atoms with Gasteiger partial charge in [-0.05, 0) is 45.1 Å². The molecular weight excluding hydrogens is 236 g/mol. The molecule has 1 aromatic heterocycles. The minimum absolute atomic E-state index is 0.505. The zero-order valence-corrected chi connectivity index (χ0v) is 12.6. The lowest BCUT2D eigenvalue weighted by atomic mass is 10.2. The van der Waals surface area contributed by atoms with E-state index in [0.717, 1.165) is 31.9 Å². The van der Waals surface area contributed by atoms with Crippen molar-refractivity contribution in [2.45, 2.75) is 33.7 Å². The van der Waals surface area contributed by atoms with Crippen LogP contribution in [0.1, 0.15) is 32.9 Å². The molecule has 4 nitrogen and oxygen atoms in total. The molecule has 1 rings (SSSR count). The van der Waals surface area contributed by atoms with Crippen molar-refractivity contribution >= 4 is 5.69 Å². The first kappa shape index (κ1) is 15.9. The summed E-state index contributed by atoms with van der Waals surface area (Å²) in [6.45, 7) is 12.7. The molecule has 0 saturated carbocycles. The maximum Gasteiger partial charge on any atom is 0.0560 e. The van der Waals surface area contributed by atoms with Crippen LogP contribution in [-0.2, 0) is 6.54 Å². The van der Waals surface area contributed by atoms with Gasteiger partial charge in [-0.2, -0.15) is 0 Å². The van der Waals surface area contributed by atoms with Crippen LogP contribution in [0, 0.1) is 0 Å². The van der Waals surface area contributed by atoms with Gasteiger partial charge in [0.2, 0.25) is 0 Å².